The first-order valence-corrected chi connectivity index (χ1v) is 10.2. The fraction of sp³-hybridized carbons (Fsp3) is 0.391. The van der Waals surface area contributed by atoms with Crippen LogP contribution >= 0.6 is 0 Å². The van der Waals surface area contributed by atoms with E-state index < -0.39 is 6.04 Å². The third-order valence-corrected chi connectivity index (χ3v) is 5.08. The summed E-state index contributed by atoms with van der Waals surface area (Å²) in [5.74, 6) is -0.0452. The summed E-state index contributed by atoms with van der Waals surface area (Å²) >= 11 is 0. The number of carbonyl (C=O) groups excluding carboxylic acids is 2. The van der Waals surface area contributed by atoms with Crippen molar-refractivity contribution in [2.75, 3.05) is 32.8 Å². The maximum absolute atomic E-state index is 13.1. The number of rotatable bonds is 7. The van der Waals surface area contributed by atoms with Crippen molar-refractivity contribution in [2.45, 2.75) is 25.9 Å². The van der Waals surface area contributed by atoms with E-state index in [-0.39, 0.29) is 24.2 Å². The third kappa shape index (κ3) is 6.56. The highest BCUT2D eigenvalue weighted by Gasteiger charge is 2.24. The van der Waals surface area contributed by atoms with Crippen LogP contribution in [-0.4, -0.2) is 60.4 Å². The Morgan fingerprint density at radius 1 is 1.03 bits per heavy atom. The van der Waals surface area contributed by atoms with Crippen molar-refractivity contribution in [2.24, 2.45) is 0 Å². The van der Waals surface area contributed by atoms with Crippen molar-refractivity contribution < 1.29 is 18.7 Å². The highest BCUT2D eigenvalue weighted by atomic mass is 19.1. The second-order valence-electron chi connectivity index (χ2n) is 7.47. The number of hydrogen-bond donors (Lipinski definition) is 1. The molecular formula is C23H28FN3O3. The summed E-state index contributed by atoms with van der Waals surface area (Å²) in [5.41, 5.74) is 1.05. The van der Waals surface area contributed by atoms with Crippen LogP contribution in [0.5, 0.6) is 5.75 Å². The van der Waals surface area contributed by atoms with E-state index >= 15 is 0 Å². The Bertz CT molecular complexity index is 829. The normalized spacial score (nSPS) is 15.9. The topological polar surface area (TPSA) is 61.9 Å². The van der Waals surface area contributed by atoms with Gasteiger partial charge in [0.1, 0.15) is 17.6 Å². The zero-order valence-electron chi connectivity index (χ0n) is 17.2. The number of halogens is 1. The van der Waals surface area contributed by atoms with Crippen LogP contribution < -0.4 is 10.1 Å². The van der Waals surface area contributed by atoms with Crippen LogP contribution in [0.2, 0.25) is 0 Å². The van der Waals surface area contributed by atoms with Crippen molar-refractivity contribution in [1.82, 2.24) is 15.1 Å². The number of nitrogens with zero attached hydrogens (tertiary/aromatic N) is 2. The summed E-state index contributed by atoms with van der Waals surface area (Å²) in [6.45, 7) is 5.15. The molecule has 0 aliphatic carbocycles. The molecule has 30 heavy (non-hydrogen) atoms. The summed E-state index contributed by atoms with van der Waals surface area (Å²) in [7, 11) is 0. The van der Waals surface area contributed by atoms with E-state index in [0.717, 1.165) is 31.6 Å². The van der Waals surface area contributed by atoms with Gasteiger partial charge >= 0.3 is 0 Å². The molecule has 1 atom stereocenters. The Hall–Kier alpha value is -2.93. The fourth-order valence-corrected chi connectivity index (χ4v) is 3.48. The maximum Gasteiger partial charge on any atom is 0.258 e. The molecule has 0 unspecified atom stereocenters. The Morgan fingerprint density at radius 3 is 2.50 bits per heavy atom. The smallest absolute Gasteiger partial charge is 0.258 e. The van der Waals surface area contributed by atoms with Crippen LogP contribution in [0.3, 0.4) is 0 Å². The number of carbonyl (C=O) groups is 2. The van der Waals surface area contributed by atoms with Crippen LogP contribution in [0, 0.1) is 5.82 Å². The lowest BCUT2D eigenvalue weighted by atomic mass is 10.2. The maximum atomic E-state index is 13.1. The van der Waals surface area contributed by atoms with Gasteiger partial charge in [0.25, 0.3) is 5.91 Å². The molecule has 0 spiro atoms. The standard InChI is InChI=1S/C23H28FN3O3/c1-18(25-22(28)17-30-21-6-3-2-4-7-21)23(29)27-13-5-12-26(14-15-27)16-19-8-10-20(24)11-9-19/h2-4,6-11,18H,5,12-17H2,1H3,(H,25,28)/t18-/m1/s1. The molecule has 7 heteroatoms. The molecule has 0 radical (unpaired) electrons. The van der Waals surface area contributed by atoms with Gasteiger partial charge in [-0.2, -0.15) is 0 Å². The highest BCUT2D eigenvalue weighted by Crippen LogP contribution is 2.11. The van der Waals surface area contributed by atoms with E-state index in [1.807, 2.05) is 18.2 Å². The molecule has 2 aromatic carbocycles. The van der Waals surface area contributed by atoms with Gasteiger partial charge in [-0.3, -0.25) is 14.5 Å². The van der Waals surface area contributed by atoms with Gasteiger partial charge in [-0.15, -0.1) is 0 Å². The highest BCUT2D eigenvalue weighted by molar-refractivity contribution is 5.87. The molecule has 3 rings (SSSR count). The molecule has 0 bridgehead atoms. The lowest BCUT2D eigenvalue weighted by Crippen LogP contribution is -2.49. The third-order valence-electron chi connectivity index (χ3n) is 5.08. The fourth-order valence-electron chi connectivity index (χ4n) is 3.48. The van der Waals surface area contributed by atoms with Crippen molar-refractivity contribution in [3.8, 4) is 5.75 Å². The van der Waals surface area contributed by atoms with Crippen molar-refractivity contribution in [3.63, 3.8) is 0 Å². The van der Waals surface area contributed by atoms with E-state index in [1.54, 1.807) is 36.1 Å². The average Bonchev–Trinajstić information content (AvgIpc) is 2.99. The first kappa shape index (κ1) is 21.8. The minimum atomic E-state index is -0.611. The van der Waals surface area contributed by atoms with Gasteiger partial charge in [0.2, 0.25) is 5.91 Å². The van der Waals surface area contributed by atoms with Crippen molar-refractivity contribution in [1.29, 1.82) is 0 Å². The van der Waals surface area contributed by atoms with Crippen LogP contribution in [0.4, 0.5) is 4.39 Å². The SMILES string of the molecule is C[C@@H](NC(=O)COc1ccccc1)C(=O)N1CCCN(Cc2ccc(F)cc2)CC1. The summed E-state index contributed by atoms with van der Waals surface area (Å²) in [6.07, 6.45) is 0.852. The lowest BCUT2D eigenvalue weighted by Gasteiger charge is -2.25. The number of hydrogen-bond acceptors (Lipinski definition) is 4. The van der Waals surface area contributed by atoms with Gasteiger partial charge in [0.05, 0.1) is 0 Å². The van der Waals surface area contributed by atoms with Crippen LogP contribution in [-0.2, 0) is 16.1 Å². The molecule has 1 heterocycles. The first-order chi connectivity index (χ1) is 14.5. The molecule has 0 saturated carbocycles. The first-order valence-electron chi connectivity index (χ1n) is 10.2. The molecule has 6 nitrogen and oxygen atoms in total. The van der Waals surface area contributed by atoms with Crippen LogP contribution in [0.1, 0.15) is 18.9 Å². The van der Waals surface area contributed by atoms with E-state index in [0.29, 0.717) is 18.8 Å². The van der Waals surface area contributed by atoms with E-state index in [2.05, 4.69) is 10.2 Å². The number of nitrogens with one attached hydrogen (secondary N) is 1. The molecule has 1 N–H and O–H groups in total. The van der Waals surface area contributed by atoms with Gasteiger partial charge in [-0.25, -0.2) is 4.39 Å². The lowest BCUT2D eigenvalue weighted by molar-refractivity contribution is -0.136. The van der Waals surface area contributed by atoms with Crippen molar-refractivity contribution in [3.05, 3.63) is 66.0 Å². The minimum absolute atomic E-state index is 0.0910. The van der Waals surface area contributed by atoms with E-state index in [4.69, 9.17) is 4.74 Å². The molecule has 1 aliphatic rings. The number of ether oxygens (including phenoxy) is 1. The average molecular weight is 413 g/mol. The molecule has 1 aliphatic heterocycles. The quantitative estimate of drug-likeness (QED) is 0.758. The number of para-hydroxylation sites is 1. The number of benzene rings is 2. The largest absolute Gasteiger partial charge is 0.484 e. The van der Waals surface area contributed by atoms with Gasteiger partial charge in [0, 0.05) is 32.7 Å². The predicted molar refractivity (Wildman–Crippen MR) is 112 cm³/mol. The summed E-state index contributed by atoms with van der Waals surface area (Å²) in [5, 5.41) is 2.72. The molecule has 1 saturated heterocycles. The Morgan fingerprint density at radius 2 is 1.77 bits per heavy atom. The summed E-state index contributed by atoms with van der Waals surface area (Å²) in [4.78, 5) is 29.0. The van der Waals surface area contributed by atoms with Crippen LogP contribution in [0.25, 0.3) is 0 Å². The van der Waals surface area contributed by atoms with E-state index in [1.165, 1.54) is 12.1 Å². The summed E-state index contributed by atoms with van der Waals surface area (Å²) in [6, 6.07) is 15.0. The van der Waals surface area contributed by atoms with Gasteiger partial charge < -0.3 is 15.0 Å². The Balaban J connectivity index is 1.44. The second kappa shape index (κ2) is 10.7. The zero-order valence-corrected chi connectivity index (χ0v) is 17.2. The molecule has 1 fully saturated rings. The van der Waals surface area contributed by atoms with Gasteiger partial charge in [-0.05, 0) is 43.2 Å². The molecular weight excluding hydrogens is 385 g/mol. The van der Waals surface area contributed by atoms with Crippen LogP contribution in [0.15, 0.2) is 54.6 Å². The predicted octanol–water partition coefficient (Wildman–Crippen LogP) is 2.44. The molecule has 0 aromatic heterocycles. The second-order valence-corrected chi connectivity index (χ2v) is 7.47. The Labute approximate surface area is 176 Å². The van der Waals surface area contributed by atoms with Gasteiger partial charge in [-0.1, -0.05) is 30.3 Å². The Kier molecular flexibility index (Phi) is 7.79. The minimum Gasteiger partial charge on any atom is -0.484 e. The number of amides is 2. The summed E-state index contributed by atoms with van der Waals surface area (Å²) < 4.78 is 18.5. The molecule has 2 amide bonds. The zero-order chi connectivity index (χ0) is 21.3. The monoisotopic (exact) mass is 413 g/mol. The van der Waals surface area contributed by atoms with Crippen molar-refractivity contribution >= 4 is 11.8 Å². The van der Waals surface area contributed by atoms with E-state index in [9.17, 15) is 14.0 Å². The van der Waals surface area contributed by atoms with Gasteiger partial charge in [0.15, 0.2) is 6.61 Å². The molecule has 160 valence electrons. The molecule has 2 aromatic rings.